The summed E-state index contributed by atoms with van der Waals surface area (Å²) in [6.07, 6.45) is 1.99. The molecule has 0 atom stereocenters. The molecular weight excluding hydrogens is 247 g/mol. The molecule has 0 fully saturated rings. The van der Waals surface area contributed by atoms with Crippen LogP contribution in [-0.2, 0) is 33.5 Å². The predicted octanol–water partition coefficient (Wildman–Crippen LogP) is 4.03. The third kappa shape index (κ3) is 11.3. The molecule has 0 aromatic heterocycles. The Hall–Kier alpha value is 1.05. The summed E-state index contributed by atoms with van der Waals surface area (Å²) in [6.45, 7) is 7.74. The molecule has 92 valence electrons. The lowest BCUT2D eigenvalue weighted by atomic mass is 10.2. The van der Waals surface area contributed by atoms with Crippen LogP contribution in [0.4, 0.5) is 0 Å². The Morgan fingerprint density at radius 2 is 1.67 bits per heavy atom. The van der Waals surface area contributed by atoms with Gasteiger partial charge in [0.1, 0.15) is 0 Å². The molecule has 0 aromatic rings. The zero-order valence-electron chi connectivity index (χ0n) is 9.90. The van der Waals surface area contributed by atoms with Crippen LogP contribution >= 0.6 is 6.12 Å². The highest BCUT2D eigenvalue weighted by Gasteiger charge is 2.10. The fourth-order valence-electron chi connectivity index (χ4n) is 0.966. The van der Waals surface area contributed by atoms with E-state index in [-0.39, 0.29) is 0 Å². The summed E-state index contributed by atoms with van der Waals surface area (Å²) in [5, 5.41) is 0. The van der Waals surface area contributed by atoms with Gasteiger partial charge < -0.3 is 24.5 Å². The van der Waals surface area contributed by atoms with Gasteiger partial charge in [0.15, 0.2) is 0 Å². The van der Waals surface area contributed by atoms with Crippen molar-refractivity contribution in [3.8, 4) is 0 Å². The van der Waals surface area contributed by atoms with Crippen LogP contribution in [0.15, 0.2) is 0 Å². The van der Waals surface area contributed by atoms with E-state index < -0.39 is 6.12 Å². The molecule has 5 heteroatoms. The zero-order valence-corrected chi connectivity index (χ0v) is 12.4. The zero-order chi connectivity index (χ0) is 11.7. The molecule has 15 heavy (non-hydrogen) atoms. The summed E-state index contributed by atoms with van der Waals surface area (Å²) >= 11 is 10.3. The molecule has 0 heterocycles. The second kappa shape index (κ2) is 9.12. The molecular formula is C10H22O2PS2-. The minimum absolute atomic E-state index is 0.620. The highest BCUT2D eigenvalue weighted by molar-refractivity contribution is 8.69. The van der Waals surface area contributed by atoms with Crippen molar-refractivity contribution in [2.45, 2.75) is 46.5 Å². The van der Waals surface area contributed by atoms with Gasteiger partial charge in [0.05, 0.1) is 13.2 Å². The average Bonchev–Trinajstić information content (AvgIpc) is 2.11. The molecule has 0 N–H and O–H groups in total. The van der Waals surface area contributed by atoms with Crippen molar-refractivity contribution in [3.63, 3.8) is 0 Å². The molecule has 0 aliphatic heterocycles. The Morgan fingerprint density at radius 3 is 2.20 bits per heavy atom. The summed E-state index contributed by atoms with van der Waals surface area (Å²) in [4.78, 5) is 0. The van der Waals surface area contributed by atoms with Gasteiger partial charge in [0.2, 0.25) is 0 Å². The number of unbranched alkanes of at least 4 members (excludes halogenated alkanes) is 2. The molecule has 0 aliphatic carbocycles. The van der Waals surface area contributed by atoms with Crippen LogP contribution < -0.4 is 0 Å². The Labute approximate surface area is 105 Å². The SMILES string of the molecule is CCCCCO[P+]([S-])([S-])OCCC(C)C. The van der Waals surface area contributed by atoms with E-state index in [2.05, 4.69) is 20.8 Å². The number of hydrogen-bond acceptors (Lipinski definition) is 4. The van der Waals surface area contributed by atoms with E-state index >= 15 is 0 Å². The standard InChI is InChI=1S/C10H23O2PS2/c1-4-5-6-8-11-13(14,15)12-9-7-10(2)3/h10H,4-9H2,1-3H3,(H,14,15)/p-1. The van der Waals surface area contributed by atoms with E-state index in [0.717, 1.165) is 19.3 Å². The molecule has 0 radical (unpaired) electrons. The Morgan fingerprint density at radius 1 is 1.07 bits per heavy atom. The first-order valence-electron chi connectivity index (χ1n) is 5.58. The molecule has 2 nitrogen and oxygen atoms in total. The molecule has 0 aromatic carbocycles. The first-order chi connectivity index (χ1) is 6.98. The maximum Gasteiger partial charge on any atom is 0.0894 e. The minimum atomic E-state index is -2.37. The lowest BCUT2D eigenvalue weighted by molar-refractivity contribution is 0.241. The van der Waals surface area contributed by atoms with Crippen LogP contribution in [0.5, 0.6) is 0 Å². The topological polar surface area (TPSA) is 18.5 Å². The normalized spacial score (nSPS) is 12.4. The third-order valence-corrected chi connectivity index (χ3v) is 4.20. The van der Waals surface area contributed by atoms with E-state index in [0.29, 0.717) is 19.1 Å². The summed E-state index contributed by atoms with van der Waals surface area (Å²) in [5.74, 6) is 0.620. The van der Waals surface area contributed by atoms with E-state index in [1.54, 1.807) is 0 Å². The van der Waals surface area contributed by atoms with Gasteiger partial charge in [-0.05, 0) is 18.8 Å². The van der Waals surface area contributed by atoms with Gasteiger partial charge >= 0.3 is 0 Å². The maximum absolute atomic E-state index is 5.44. The highest BCUT2D eigenvalue weighted by atomic mass is 33.1. The first kappa shape index (κ1) is 16.1. The van der Waals surface area contributed by atoms with Gasteiger partial charge in [0.25, 0.3) is 0 Å². The minimum Gasteiger partial charge on any atom is -0.516 e. The first-order valence-corrected chi connectivity index (χ1v) is 9.23. The van der Waals surface area contributed by atoms with Crippen LogP contribution in [0.2, 0.25) is 0 Å². The van der Waals surface area contributed by atoms with E-state index in [4.69, 9.17) is 33.5 Å². The summed E-state index contributed by atoms with van der Waals surface area (Å²) in [6, 6.07) is 0. The molecule has 0 aliphatic rings. The second-order valence-corrected chi connectivity index (χ2v) is 8.99. The Bertz CT molecular complexity index is 154. The van der Waals surface area contributed by atoms with Crippen molar-refractivity contribution in [1.82, 2.24) is 0 Å². The summed E-state index contributed by atoms with van der Waals surface area (Å²) < 4.78 is 10.9. The fourth-order valence-corrected chi connectivity index (χ4v) is 2.62. The maximum atomic E-state index is 5.44. The number of rotatable bonds is 9. The lowest BCUT2D eigenvalue weighted by Crippen LogP contribution is -2.03. The van der Waals surface area contributed by atoms with Gasteiger partial charge in [-0.25, -0.2) is 0 Å². The highest BCUT2D eigenvalue weighted by Crippen LogP contribution is 2.56. The van der Waals surface area contributed by atoms with E-state index in [1.165, 1.54) is 6.42 Å². The quantitative estimate of drug-likeness (QED) is 0.357. The van der Waals surface area contributed by atoms with Gasteiger partial charge in [-0.15, -0.1) is 0 Å². The predicted molar refractivity (Wildman–Crippen MR) is 72.5 cm³/mol. The van der Waals surface area contributed by atoms with Crippen molar-refractivity contribution in [2.24, 2.45) is 5.92 Å². The Kier molecular flexibility index (Phi) is 9.76. The molecule has 0 amide bonds. The largest absolute Gasteiger partial charge is 0.516 e. The molecule has 0 saturated heterocycles. The smallest absolute Gasteiger partial charge is 0.0894 e. The van der Waals surface area contributed by atoms with Crippen LogP contribution in [0.25, 0.3) is 0 Å². The van der Waals surface area contributed by atoms with Crippen molar-refractivity contribution in [1.29, 1.82) is 0 Å². The van der Waals surface area contributed by atoms with Crippen LogP contribution in [0, 0.1) is 5.92 Å². The van der Waals surface area contributed by atoms with E-state index in [9.17, 15) is 0 Å². The van der Waals surface area contributed by atoms with Gasteiger partial charge in [0, 0.05) is 6.12 Å². The van der Waals surface area contributed by atoms with Gasteiger partial charge in [-0.2, -0.15) is 0 Å². The van der Waals surface area contributed by atoms with Gasteiger partial charge in [-0.3, -0.25) is 9.05 Å². The molecule has 0 spiro atoms. The summed E-state index contributed by atoms with van der Waals surface area (Å²) in [5.41, 5.74) is 0. The summed E-state index contributed by atoms with van der Waals surface area (Å²) in [7, 11) is 0. The monoisotopic (exact) mass is 269 g/mol. The molecule has 0 unspecified atom stereocenters. The molecule has 0 bridgehead atoms. The van der Waals surface area contributed by atoms with Crippen LogP contribution in [0.1, 0.15) is 46.5 Å². The van der Waals surface area contributed by atoms with Crippen LogP contribution in [-0.4, -0.2) is 13.2 Å². The average molecular weight is 269 g/mol. The molecule has 0 saturated carbocycles. The molecule has 0 rings (SSSR count). The number of hydrogen-bond donors (Lipinski definition) is 0. The van der Waals surface area contributed by atoms with Crippen molar-refractivity contribution >= 4 is 30.6 Å². The fraction of sp³-hybridized carbons (Fsp3) is 1.00. The lowest BCUT2D eigenvalue weighted by Gasteiger charge is -2.34. The van der Waals surface area contributed by atoms with Crippen molar-refractivity contribution in [2.75, 3.05) is 13.2 Å². The van der Waals surface area contributed by atoms with Gasteiger partial charge in [-0.1, -0.05) is 33.6 Å². The Balaban J connectivity index is 3.48. The van der Waals surface area contributed by atoms with Crippen molar-refractivity contribution in [3.05, 3.63) is 0 Å². The third-order valence-electron chi connectivity index (χ3n) is 1.94. The van der Waals surface area contributed by atoms with E-state index in [1.807, 2.05) is 0 Å². The van der Waals surface area contributed by atoms with Crippen LogP contribution in [0.3, 0.4) is 0 Å². The second-order valence-electron chi connectivity index (χ2n) is 4.00. The van der Waals surface area contributed by atoms with Crippen molar-refractivity contribution < 1.29 is 9.05 Å².